The van der Waals surface area contributed by atoms with Gasteiger partial charge in [0.2, 0.25) is 0 Å². The van der Waals surface area contributed by atoms with Crippen molar-refractivity contribution in [1.29, 1.82) is 0 Å². The molecule has 1 aromatic carbocycles. The molecule has 0 aliphatic rings. The number of rotatable bonds is 8. The molecule has 0 saturated carbocycles. The van der Waals surface area contributed by atoms with E-state index in [0.717, 1.165) is 31.8 Å². The van der Waals surface area contributed by atoms with Crippen molar-refractivity contribution < 1.29 is 0 Å². The molecule has 0 radical (unpaired) electrons. The number of nitrogens with two attached hydrogens (primary N) is 1. The van der Waals surface area contributed by atoms with E-state index in [1.165, 1.54) is 10.5 Å². The smallest absolute Gasteiger partial charge is 0.0292 e. The summed E-state index contributed by atoms with van der Waals surface area (Å²) in [5.74, 6) is 1.15. The van der Waals surface area contributed by atoms with Gasteiger partial charge in [-0.05, 0) is 37.2 Å². The normalized spacial score (nSPS) is 12.9. The quantitative estimate of drug-likeness (QED) is 0.730. The average Bonchev–Trinajstić information content (AvgIpc) is 2.43. The molecule has 0 aromatic heterocycles. The number of nitrogens with zero attached hydrogens (tertiary/aromatic N) is 1. The first kappa shape index (κ1) is 15.5. The summed E-state index contributed by atoms with van der Waals surface area (Å²) < 4.78 is 0. The lowest BCUT2D eigenvalue weighted by atomic mass is 10.1. The topological polar surface area (TPSA) is 29.3 Å². The van der Waals surface area contributed by atoms with Gasteiger partial charge in [0.25, 0.3) is 0 Å². The van der Waals surface area contributed by atoms with Crippen LogP contribution in [0.4, 0.5) is 0 Å². The standard InChI is InChI=1S/C15H26N2S/c1-4-15(16)13-7-9-14(10-8-13)18-12-11-17(5-2)6-3/h7-10,15H,4-6,11-12,16H2,1-3H3. The van der Waals surface area contributed by atoms with E-state index >= 15 is 0 Å². The Morgan fingerprint density at radius 3 is 2.22 bits per heavy atom. The van der Waals surface area contributed by atoms with Crippen LogP contribution in [-0.4, -0.2) is 30.3 Å². The summed E-state index contributed by atoms with van der Waals surface area (Å²) in [6, 6.07) is 8.89. The SMILES string of the molecule is CCC(N)c1ccc(SCCN(CC)CC)cc1. The minimum Gasteiger partial charge on any atom is -0.324 e. The lowest BCUT2D eigenvalue weighted by molar-refractivity contribution is 0.324. The van der Waals surface area contributed by atoms with Crippen molar-refractivity contribution in [3.05, 3.63) is 29.8 Å². The van der Waals surface area contributed by atoms with E-state index < -0.39 is 0 Å². The first-order chi connectivity index (χ1) is 8.71. The molecular weight excluding hydrogens is 240 g/mol. The minimum absolute atomic E-state index is 0.180. The van der Waals surface area contributed by atoms with Gasteiger partial charge in [0.15, 0.2) is 0 Å². The number of benzene rings is 1. The van der Waals surface area contributed by atoms with Crippen LogP contribution in [0.1, 0.15) is 38.8 Å². The van der Waals surface area contributed by atoms with E-state index in [9.17, 15) is 0 Å². The van der Waals surface area contributed by atoms with Gasteiger partial charge in [0.05, 0.1) is 0 Å². The van der Waals surface area contributed by atoms with Crippen LogP contribution in [0.2, 0.25) is 0 Å². The van der Waals surface area contributed by atoms with Crippen molar-refractivity contribution in [1.82, 2.24) is 4.90 Å². The molecule has 18 heavy (non-hydrogen) atoms. The molecule has 102 valence electrons. The molecule has 0 saturated heterocycles. The van der Waals surface area contributed by atoms with E-state index in [1.807, 2.05) is 11.8 Å². The predicted molar refractivity (Wildman–Crippen MR) is 82.2 cm³/mol. The molecular formula is C15H26N2S. The van der Waals surface area contributed by atoms with Gasteiger partial charge >= 0.3 is 0 Å². The summed E-state index contributed by atoms with van der Waals surface area (Å²) in [6.07, 6.45) is 0.994. The molecule has 2 N–H and O–H groups in total. The van der Waals surface area contributed by atoms with Crippen molar-refractivity contribution in [3.8, 4) is 0 Å². The van der Waals surface area contributed by atoms with Crippen molar-refractivity contribution in [2.45, 2.75) is 38.1 Å². The van der Waals surface area contributed by atoms with Gasteiger partial charge in [0.1, 0.15) is 0 Å². The summed E-state index contributed by atoms with van der Waals surface area (Å²) in [6.45, 7) is 10.00. The Hall–Kier alpha value is -0.510. The minimum atomic E-state index is 0.180. The summed E-state index contributed by atoms with van der Waals surface area (Å²) in [5, 5.41) is 0. The molecule has 0 heterocycles. The lowest BCUT2D eigenvalue weighted by Gasteiger charge is -2.17. The van der Waals surface area contributed by atoms with Crippen LogP contribution < -0.4 is 5.73 Å². The van der Waals surface area contributed by atoms with Gasteiger partial charge in [-0.25, -0.2) is 0 Å². The molecule has 0 fully saturated rings. The Kier molecular flexibility index (Phi) is 7.40. The second kappa shape index (κ2) is 8.57. The Bertz CT molecular complexity index is 320. The molecule has 1 rings (SSSR count). The molecule has 0 aliphatic carbocycles. The van der Waals surface area contributed by atoms with Gasteiger partial charge in [0, 0.05) is 23.2 Å². The lowest BCUT2D eigenvalue weighted by Crippen LogP contribution is -2.25. The van der Waals surface area contributed by atoms with Gasteiger partial charge in [-0.2, -0.15) is 0 Å². The second-order valence-corrected chi connectivity index (χ2v) is 5.63. The van der Waals surface area contributed by atoms with E-state index in [1.54, 1.807) is 0 Å². The zero-order valence-corrected chi connectivity index (χ0v) is 12.7. The molecule has 1 aromatic rings. The largest absolute Gasteiger partial charge is 0.324 e. The van der Waals surface area contributed by atoms with Gasteiger partial charge in [-0.15, -0.1) is 11.8 Å². The summed E-state index contributed by atoms with van der Waals surface area (Å²) in [5.41, 5.74) is 7.25. The highest BCUT2D eigenvalue weighted by molar-refractivity contribution is 7.99. The summed E-state index contributed by atoms with van der Waals surface area (Å²) in [4.78, 5) is 3.79. The Morgan fingerprint density at radius 2 is 1.72 bits per heavy atom. The second-order valence-electron chi connectivity index (χ2n) is 4.46. The first-order valence-corrected chi connectivity index (χ1v) is 7.90. The average molecular weight is 266 g/mol. The third-order valence-corrected chi connectivity index (χ3v) is 4.31. The highest BCUT2D eigenvalue weighted by Gasteiger charge is 2.03. The van der Waals surface area contributed by atoms with Crippen LogP contribution in [0.5, 0.6) is 0 Å². The first-order valence-electron chi connectivity index (χ1n) is 6.91. The molecule has 0 amide bonds. The number of thioether (sulfide) groups is 1. The third kappa shape index (κ3) is 5.01. The van der Waals surface area contributed by atoms with Crippen LogP contribution in [0.15, 0.2) is 29.2 Å². The van der Waals surface area contributed by atoms with Crippen LogP contribution in [0, 0.1) is 0 Å². The van der Waals surface area contributed by atoms with Crippen LogP contribution in [0.3, 0.4) is 0 Å². The Morgan fingerprint density at radius 1 is 1.11 bits per heavy atom. The van der Waals surface area contributed by atoms with Crippen molar-refractivity contribution in [2.75, 3.05) is 25.4 Å². The maximum atomic E-state index is 6.01. The maximum Gasteiger partial charge on any atom is 0.0292 e. The zero-order chi connectivity index (χ0) is 13.4. The van der Waals surface area contributed by atoms with E-state index in [4.69, 9.17) is 5.73 Å². The van der Waals surface area contributed by atoms with Crippen LogP contribution in [0.25, 0.3) is 0 Å². The number of hydrogen-bond acceptors (Lipinski definition) is 3. The molecule has 0 bridgehead atoms. The van der Waals surface area contributed by atoms with Crippen LogP contribution in [-0.2, 0) is 0 Å². The molecule has 0 aliphatic heterocycles. The zero-order valence-electron chi connectivity index (χ0n) is 11.9. The maximum absolute atomic E-state index is 6.01. The van der Waals surface area contributed by atoms with Crippen molar-refractivity contribution in [2.24, 2.45) is 5.73 Å². The number of hydrogen-bond donors (Lipinski definition) is 1. The molecule has 1 atom stereocenters. The van der Waals surface area contributed by atoms with Gasteiger partial charge in [-0.1, -0.05) is 32.9 Å². The summed E-state index contributed by atoms with van der Waals surface area (Å²) in [7, 11) is 0. The molecule has 0 spiro atoms. The van der Waals surface area contributed by atoms with Crippen molar-refractivity contribution >= 4 is 11.8 Å². The molecule has 3 heteroatoms. The van der Waals surface area contributed by atoms with Crippen LogP contribution >= 0.6 is 11.8 Å². The van der Waals surface area contributed by atoms with Gasteiger partial charge in [-0.3, -0.25) is 0 Å². The van der Waals surface area contributed by atoms with E-state index in [0.29, 0.717) is 0 Å². The monoisotopic (exact) mass is 266 g/mol. The van der Waals surface area contributed by atoms with E-state index in [2.05, 4.69) is 49.9 Å². The molecule has 1 unspecified atom stereocenters. The van der Waals surface area contributed by atoms with Crippen molar-refractivity contribution in [3.63, 3.8) is 0 Å². The predicted octanol–water partition coefficient (Wildman–Crippen LogP) is 3.53. The Balaban J connectivity index is 2.39. The Labute approximate surface area is 116 Å². The fourth-order valence-electron chi connectivity index (χ4n) is 1.88. The molecule has 2 nitrogen and oxygen atoms in total. The fraction of sp³-hybridized carbons (Fsp3) is 0.600. The fourth-order valence-corrected chi connectivity index (χ4v) is 2.79. The summed E-state index contributed by atoms with van der Waals surface area (Å²) >= 11 is 1.93. The highest BCUT2D eigenvalue weighted by Crippen LogP contribution is 2.21. The van der Waals surface area contributed by atoms with Gasteiger partial charge < -0.3 is 10.6 Å². The van der Waals surface area contributed by atoms with E-state index in [-0.39, 0.29) is 6.04 Å². The highest BCUT2D eigenvalue weighted by atomic mass is 32.2. The third-order valence-electron chi connectivity index (χ3n) is 3.32.